The van der Waals surface area contributed by atoms with Crippen LogP contribution in [0.15, 0.2) is 11.6 Å². The number of carbonyl (C=O) groups excluding carboxylic acids is 3. The smallest absolute Gasteiger partial charge is 0.321 e. The molecule has 0 saturated heterocycles. The zero-order chi connectivity index (χ0) is 21.5. The summed E-state index contributed by atoms with van der Waals surface area (Å²) >= 11 is 0. The van der Waals surface area contributed by atoms with Crippen LogP contribution in [0.3, 0.4) is 0 Å². The summed E-state index contributed by atoms with van der Waals surface area (Å²) < 4.78 is 0. The molecule has 3 amide bonds. The molecule has 0 bridgehead atoms. The monoisotopic (exact) mass is 414 g/mol. The van der Waals surface area contributed by atoms with E-state index in [4.69, 9.17) is 0 Å². The maximum absolute atomic E-state index is 13.0. The van der Waals surface area contributed by atoms with Gasteiger partial charge in [-0.3, -0.25) is 14.9 Å². The first kappa shape index (κ1) is 21.6. The lowest BCUT2D eigenvalue weighted by atomic mass is 9.47. The molecule has 0 aromatic rings. The average molecular weight is 415 g/mol. The van der Waals surface area contributed by atoms with Crippen LogP contribution < -0.4 is 10.6 Å². The van der Waals surface area contributed by atoms with Crippen LogP contribution in [0.25, 0.3) is 0 Å². The Bertz CT molecular complexity index is 759. The number of urea groups is 1. The van der Waals surface area contributed by atoms with Crippen molar-refractivity contribution in [1.82, 2.24) is 10.6 Å². The fraction of sp³-hybridized carbons (Fsp3) is 0.800. The van der Waals surface area contributed by atoms with Gasteiger partial charge in [-0.15, -0.1) is 0 Å². The number of amides is 3. The third kappa shape index (κ3) is 3.52. The van der Waals surface area contributed by atoms with E-state index in [9.17, 15) is 14.4 Å². The van der Waals surface area contributed by atoms with E-state index in [-0.39, 0.29) is 28.7 Å². The third-order valence-electron chi connectivity index (χ3n) is 9.33. The van der Waals surface area contributed by atoms with Crippen molar-refractivity contribution in [2.45, 2.75) is 85.0 Å². The second kappa shape index (κ2) is 8.12. The van der Waals surface area contributed by atoms with Crippen molar-refractivity contribution in [3.63, 3.8) is 0 Å². The minimum atomic E-state index is -0.346. The largest absolute Gasteiger partial charge is 0.338 e. The van der Waals surface area contributed by atoms with Gasteiger partial charge in [0.05, 0.1) is 0 Å². The Balaban J connectivity index is 1.46. The lowest BCUT2D eigenvalue weighted by molar-refractivity contribution is -0.131. The molecule has 0 aromatic carbocycles. The van der Waals surface area contributed by atoms with E-state index in [0.717, 1.165) is 57.8 Å². The predicted octanol–water partition coefficient (Wildman–Crippen LogP) is 4.76. The van der Waals surface area contributed by atoms with E-state index in [2.05, 4.69) is 31.4 Å². The van der Waals surface area contributed by atoms with Gasteiger partial charge in [-0.1, -0.05) is 32.8 Å². The quantitative estimate of drug-likeness (QED) is 0.651. The molecule has 3 fully saturated rings. The highest BCUT2D eigenvalue weighted by atomic mass is 16.2. The number of hydrogen-bond donors (Lipinski definition) is 2. The zero-order valence-corrected chi connectivity index (χ0v) is 18.9. The van der Waals surface area contributed by atoms with Gasteiger partial charge < -0.3 is 5.32 Å². The zero-order valence-electron chi connectivity index (χ0n) is 18.9. The van der Waals surface area contributed by atoms with Gasteiger partial charge in [0.25, 0.3) is 0 Å². The van der Waals surface area contributed by atoms with Gasteiger partial charge in [-0.05, 0) is 86.0 Å². The molecule has 2 N–H and O–H groups in total. The topological polar surface area (TPSA) is 75.3 Å². The van der Waals surface area contributed by atoms with E-state index in [0.29, 0.717) is 36.5 Å². The number of carbonyl (C=O) groups is 3. The van der Waals surface area contributed by atoms with Crippen LogP contribution in [0.1, 0.15) is 85.0 Å². The molecule has 0 heterocycles. The van der Waals surface area contributed by atoms with Gasteiger partial charge in [-0.25, -0.2) is 4.79 Å². The molecule has 30 heavy (non-hydrogen) atoms. The van der Waals surface area contributed by atoms with Crippen LogP contribution in [-0.4, -0.2) is 24.3 Å². The standard InChI is InChI=1S/C25H38N2O3/c1-4-5-14-26-23(30)27-22(29)21-9-8-19-18-7-6-16-15-17(28)10-12-24(16,2)20(18)11-13-25(19,21)3/h15,18-21H,4-14H2,1-3H3,(H2,26,27,29,30)/t18?,19?,20?,21?,24-,25-/m0/s1. The molecule has 4 rings (SSSR count). The number of hydrogen-bond acceptors (Lipinski definition) is 3. The van der Waals surface area contributed by atoms with E-state index in [1.165, 1.54) is 5.57 Å². The van der Waals surface area contributed by atoms with Crippen LogP contribution in [0.5, 0.6) is 0 Å². The number of allylic oxidation sites excluding steroid dienone is 1. The number of unbranched alkanes of at least 4 members (excludes halogenated alkanes) is 1. The molecule has 5 heteroatoms. The van der Waals surface area contributed by atoms with E-state index < -0.39 is 0 Å². The molecular formula is C25H38N2O3. The summed E-state index contributed by atoms with van der Waals surface area (Å²) in [5, 5.41) is 5.44. The summed E-state index contributed by atoms with van der Waals surface area (Å²) in [6, 6.07) is -0.346. The maximum Gasteiger partial charge on any atom is 0.321 e. The SMILES string of the molecule is CCCCNC(=O)NC(=O)C1CCC2C3CCC4=CC(=O)CC[C@]4(C)C3CC[C@]12C. The molecule has 0 aliphatic heterocycles. The first-order chi connectivity index (χ1) is 14.3. The Labute approximate surface area is 180 Å². The maximum atomic E-state index is 13.0. The second-order valence-electron chi connectivity index (χ2n) is 10.7. The van der Waals surface area contributed by atoms with Crippen LogP contribution in [-0.2, 0) is 9.59 Å². The van der Waals surface area contributed by atoms with Crippen molar-refractivity contribution in [3.8, 4) is 0 Å². The average Bonchev–Trinajstić information content (AvgIpc) is 3.06. The van der Waals surface area contributed by atoms with Crippen LogP contribution in [0.4, 0.5) is 4.79 Å². The van der Waals surface area contributed by atoms with Gasteiger partial charge in [-0.2, -0.15) is 0 Å². The number of ketones is 1. The van der Waals surface area contributed by atoms with Crippen molar-refractivity contribution < 1.29 is 14.4 Å². The van der Waals surface area contributed by atoms with Gasteiger partial charge in [0.15, 0.2) is 5.78 Å². The Morgan fingerprint density at radius 2 is 1.87 bits per heavy atom. The molecule has 4 unspecified atom stereocenters. The molecule has 0 aromatic heterocycles. The second-order valence-corrected chi connectivity index (χ2v) is 10.7. The van der Waals surface area contributed by atoms with E-state index >= 15 is 0 Å². The molecule has 4 aliphatic rings. The van der Waals surface area contributed by atoms with Crippen molar-refractivity contribution in [1.29, 1.82) is 0 Å². The van der Waals surface area contributed by atoms with Crippen LogP contribution in [0, 0.1) is 34.5 Å². The Morgan fingerprint density at radius 3 is 2.63 bits per heavy atom. The number of nitrogens with one attached hydrogen (secondary N) is 2. The molecule has 6 atom stereocenters. The van der Waals surface area contributed by atoms with Crippen molar-refractivity contribution in [2.75, 3.05) is 6.54 Å². The Morgan fingerprint density at radius 1 is 1.07 bits per heavy atom. The fourth-order valence-electron chi connectivity index (χ4n) is 7.61. The summed E-state index contributed by atoms with van der Waals surface area (Å²) in [7, 11) is 0. The summed E-state index contributed by atoms with van der Waals surface area (Å²) in [5.74, 6) is 1.96. The molecule has 3 saturated carbocycles. The van der Waals surface area contributed by atoms with Crippen LogP contribution >= 0.6 is 0 Å². The molecule has 166 valence electrons. The van der Waals surface area contributed by atoms with Crippen molar-refractivity contribution in [3.05, 3.63) is 11.6 Å². The lowest BCUT2D eigenvalue weighted by Gasteiger charge is -2.58. The number of fused-ring (bicyclic) bond motifs is 5. The van der Waals surface area contributed by atoms with Gasteiger partial charge in [0.1, 0.15) is 0 Å². The molecule has 4 aliphatic carbocycles. The Hall–Kier alpha value is -1.65. The predicted molar refractivity (Wildman–Crippen MR) is 117 cm³/mol. The number of rotatable bonds is 4. The molecule has 0 spiro atoms. The minimum absolute atomic E-state index is 0.0169. The van der Waals surface area contributed by atoms with Gasteiger partial charge >= 0.3 is 6.03 Å². The summed E-state index contributed by atoms with van der Waals surface area (Å²) in [6.45, 7) is 7.39. The number of imide groups is 1. The lowest BCUT2D eigenvalue weighted by Crippen LogP contribution is -2.52. The highest BCUT2D eigenvalue weighted by Crippen LogP contribution is 2.66. The van der Waals surface area contributed by atoms with Gasteiger partial charge in [0.2, 0.25) is 5.91 Å². The fourth-order valence-corrected chi connectivity index (χ4v) is 7.61. The first-order valence-corrected chi connectivity index (χ1v) is 12.1. The van der Waals surface area contributed by atoms with Crippen molar-refractivity contribution >= 4 is 17.7 Å². The molecular weight excluding hydrogens is 376 g/mol. The van der Waals surface area contributed by atoms with Crippen LogP contribution in [0.2, 0.25) is 0 Å². The summed E-state index contributed by atoms with van der Waals surface area (Å²) in [4.78, 5) is 37.1. The first-order valence-electron chi connectivity index (χ1n) is 12.1. The third-order valence-corrected chi connectivity index (χ3v) is 9.33. The van der Waals surface area contributed by atoms with Crippen molar-refractivity contribution in [2.24, 2.45) is 34.5 Å². The van der Waals surface area contributed by atoms with E-state index in [1.54, 1.807) is 0 Å². The molecule has 5 nitrogen and oxygen atoms in total. The highest BCUT2D eigenvalue weighted by Gasteiger charge is 2.60. The normalized spacial score (nSPS) is 40.0. The minimum Gasteiger partial charge on any atom is -0.338 e. The van der Waals surface area contributed by atoms with Gasteiger partial charge in [0, 0.05) is 18.9 Å². The summed E-state index contributed by atoms with van der Waals surface area (Å²) in [5.41, 5.74) is 1.54. The Kier molecular flexibility index (Phi) is 5.84. The highest BCUT2D eigenvalue weighted by molar-refractivity contribution is 5.96. The molecule has 0 radical (unpaired) electrons. The summed E-state index contributed by atoms with van der Waals surface area (Å²) in [6.07, 6.45) is 11.9. The van der Waals surface area contributed by atoms with E-state index in [1.807, 2.05) is 6.08 Å².